The number of hydrogen-bond donors (Lipinski definition) is 3. The highest BCUT2D eigenvalue weighted by molar-refractivity contribution is 6.31. The molecule has 0 spiro atoms. The van der Waals surface area contributed by atoms with E-state index in [1.54, 1.807) is 48.5 Å². The van der Waals surface area contributed by atoms with E-state index < -0.39 is 16.8 Å². The third-order valence-electron chi connectivity index (χ3n) is 4.02. The molecule has 0 atom stereocenters. The van der Waals surface area contributed by atoms with Crippen molar-refractivity contribution in [2.45, 2.75) is 13.1 Å². The minimum absolute atomic E-state index is 0. The van der Waals surface area contributed by atoms with E-state index in [4.69, 9.17) is 22.1 Å². The number of carbonyl (C=O) groups is 1. The van der Waals surface area contributed by atoms with Gasteiger partial charge in [0.2, 0.25) is 5.91 Å². The normalized spacial score (nSPS) is 11.4. The molecule has 0 saturated carbocycles. The molecule has 3 aromatic carbocycles. The van der Waals surface area contributed by atoms with Gasteiger partial charge in [0, 0.05) is 24.4 Å². The van der Waals surface area contributed by atoms with Gasteiger partial charge in [0.05, 0.1) is 16.3 Å². The lowest BCUT2D eigenvalue weighted by Gasteiger charge is -2.12. The Hall–Kier alpha value is -3.43. The molecule has 0 fully saturated rings. The third kappa shape index (κ3) is 7.58. The fraction of sp³-hybridized carbons (Fsp3) is 0.0909. The van der Waals surface area contributed by atoms with Crippen molar-refractivity contribution in [3.63, 3.8) is 0 Å². The highest BCUT2D eigenvalue weighted by Gasteiger charge is 2.33. The van der Waals surface area contributed by atoms with Gasteiger partial charge in [0.25, 0.3) is 0 Å². The van der Waals surface area contributed by atoms with Gasteiger partial charge in [-0.15, -0.1) is 12.4 Å². The summed E-state index contributed by atoms with van der Waals surface area (Å²) in [6, 6.07) is 16.8. The van der Waals surface area contributed by atoms with Crippen molar-refractivity contribution < 1.29 is 22.7 Å². The second kappa shape index (κ2) is 10.9. The van der Waals surface area contributed by atoms with Crippen molar-refractivity contribution >= 4 is 52.9 Å². The number of nitrogens with one attached hydrogen (secondary N) is 2. The lowest BCUT2D eigenvalue weighted by Crippen LogP contribution is -2.22. The van der Waals surface area contributed by atoms with Crippen LogP contribution in [0.15, 0.2) is 71.7 Å². The Labute approximate surface area is 199 Å². The van der Waals surface area contributed by atoms with Crippen molar-refractivity contribution in [2.24, 2.45) is 10.7 Å². The van der Waals surface area contributed by atoms with Crippen LogP contribution in [0.3, 0.4) is 0 Å². The van der Waals surface area contributed by atoms with E-state index in [0.29, 0.717) is 22.9 Å². The number of benzene rings is 3. The van der Waals surface area contributed by atoms with E-state index >= 15 is 0 Å². The zero-order valence-corrected chi connectivity index (χ0v) is 18.7. The zero-order valence-electron chi connectivity index (χ0n) is 17.1. The van der Waals surface area contributed by atoms with Crippen LogP contribution in [0.4, 0.5) is 30.2 Å². The van der Waals surface area contributed by atoms with Gasteiger partial charge in [-0.2, -0.15) is 13.2 Å². The van der Waals surface area contributed by atoms with Crippen molar-refractivity contribution in [2.75, 3.05) is 10.6 Å². The number of carbonyl (C=O) groups excluding carboxylic acids is 1. The first-order valence-corrected chi connectivity index (χ1v) is 9.61. The molecule has 0 bridgehead atoms. The summed E-state index contributed by atoms with van der Waals surface area (Å²) in [5.41, 5.74) is 6.00. The predicted octanol–water partition coefficient (Wildman–Crippen LogP) is 6.59. The van der Waals surface area contributed by atoms with Crippen LogP contribution in [-0.2, 0) is 11.0 Å². The number of hydrogen-bond acceptors (Lipinski definition) is 3. The summed E-state index contributed by atoms with van der Waals surface area (Å²) in [5.74, 6) is 0.751. The Bertz CT molecular complexity index is 1150. The highest BCUT2D eigenvalue weighted by Crippen LogP contribution is 2.36. The van der Waals surface area contributed by atoms with Crippen LogP contribution in [0.2, 0.25) is 5.02 Å². The molecule has 33 heavy (non-hydrogen) atoms. The van der Waals surface area contributed by atoms with Crippen LogP contribution in [0, 0.1) is 0 Å². The maximum absolute atomic E-state index is 13.0. The lowest BCUT2D eigenvalue weighted by molar-refractivity contribution is -0.137. The minimum Gasteiger partial charge on any atom is -0.457 e. The van der Waals surface area contributed by atoms with Crippen LogP contribution < -0.4 is 21.1 Å². The number of nitrogens with two attached hydrogens (primary N) is 1. The van der Waals surface area contributed by atoms with Crippen LogP contribution in [0.5, 0.6) is 11.5 Å². The fourth-order valence-electron chi connectivity index (χ4n) is 2.70. The Morgan fingerprint density at radius 1 is 0.970 bits per heavy atom. The first-order valence-electron chi connectivity index (χ1n) is 9.23. The Kier molecular flexibility index (Phi) is 8.56. The van der Waals surface area contributed by atoms with Gasteiger partial charge in [-0.3, -0.25) is 4.79 Å². The topological polar surface area (TPSA) is 88.7 Å². The molecule has 4 N–H and O–H groups in total. The van der Waals surface area contributed by atoms with Gasteiger partial charge < -0.3 is 21.1 Å². The largest absolute Gasteiger partial charge is 0.457 e. The van der Waals surface area contributed by atoms with Crippen molar-refractivity contribution in [3.8, 4) is 11.5 Å². The quantitative estimate of drug-likeness (QED) is 0.273. The predicted molar refractivity (Wildman–Crippen MR) is 126 cm³/mol. The number of anilines is 2. The number of ether oxygens (including phenoxy) is 1. The monoisotopic (exact) mass is 498 g/mol. The third-order valence-corrected chi connectivity index (χ3v) is 4.35. The first kappa shape index (κ1) is 25.8. The fourth-order valence-corrected chi connectivity index (χ4v) is 2.93. The molecule has 0 saturated heterocycles. The summed E-state index contributed by atoms with van der Waals surface area (Å²) in [7, 11) is 0. The van der Waals surface area contributed by atoms with E-state index in [2.05, 4.69) is 15.6 Å². The number of aliphatic imine (C=N–C) groups is 1. The molecule has 0 aliphatic rings. The number of alkyl halides is 3. The second-order valence-corrected chi connectivity index (χ2v) is 7.03. The standard InChI is InChI=1S/C22H18ClF3N4O2.ClH/c1-13(31)28-15-3-2-4-18(11-15)32-17-8-5-14(6-9-17)29-21(27)30-16-7-10-20(23)19(12-16)22(24,25)26;/h2-12H,1H3,(H,28,31)(H3,27,29,30);1H. The number of guanidine groups is 1. The summed E-state index contributed by atoms with van der Waals surface area (Å²) in [6.45, 7) is 1.41. The van der Waals surface area contributed by atoms with Gasteiger partial charge in [0.15, 0.2) is 5.96 Å². The van der Waals surface area contributed by atoms with Crippen LogP contribution >= 0.6 is 24.0 Å². The first-order chi connectivity index (χ1) is 15.1. The second-order valence-electron chi connectivity index (χ2n) is 6.62. The molecule has 174 valence electrons. The van der Waals surface area contributed by atoms with Crippen LogP contribution in [-0.4, -0.2) is 11.9 Å². The number of amides is 1. The van der Waals surface area contributed by atoms with Crippen molar-refractivity contribution in [3.05, 3.63) is 77.3 Å². The average Bonchev–Trinajstić information content (AvgIpc) is 2.70. The number of halogens is 5. The smallest absolute Gasteiger partial charge is 0.417 e. The molecule has 0 unspecified atom stereocenters. The molecule has 3 aromatic rings. The molecule has 3 rings (SSSR count). The highest BCUT2D eigenvalue weighted by atomic mass is 35.5. The van der Waals surface area contributed by atoms with E-state index in [-0.39, 0.29) is 30.0 Å². The van der Waals surface area contributed by atoms with Gasteiger partial charge in [0.1, 0.15) is 11.5 Å². The van der Waals surface area contributed by atoms with Crippen molar-refractivity contribution in [1.29, 1.82) is 0 Å². The molecule has 6 nitrogen and oxygen atoms in total. The molecule has 1 amide bonds. The molecule has 0 aliphatic carbocycles. The lowest BCUT2D eigenvalue weighted by atomic mass is 10.2. The molecular weight excluding hydrogens is 480 g/mol. The summed E-state index contributed by atoms with van der Waals surface area (Å²) >= 11 is 5.61. The molecule has 0 aliphatic heterocycles. The van der Waals surface area contributed by atoms with E-state index in [0.717, 1.165) is 12.1 Å². The number of rotatable bonds is 5. The van der Waals surface area contributed by atoms with Crippen LogP contribution in [0.1, 0.15) is 12.5 Å². The Morgan fingerprint density at radius 2 is 1.64 bits per heavy atom. The maximum atomic E-state index is 13.0. The number of nitrogens with zero attached hydrogens (tertiary/aromatic N) is 1. The van der Waals surface area contributed by atoms with Crippen molar-refractivity contribution in [1.82, 2.24) is 0 Å². The minimum atomic E-state index is -4.59. The summed E-state index contributed by atoms with van der Waals surface area (Å²) in [5, 5.41) is 4.87. The van der Waals surface area contributed by atoms with Gasteiger partial charge in [-0.1, -0.05) is 17.7 Å². The van der Waals surface area contributed by atoms with Gasteiger partial charge >= 0.3 is 6.18 Å². The van der Waals surface area contributed by atoms with E-state index in [1.807, 2.05) is 0 Å². The van der Waals surface area contributed by atoms with Gasteiger partial charge in [-0.25, -0.2) is 4.99 Å². The zero-order chi connectivity index (χ0) is 23.3. The molecular formula is C22H19Cl2F3N4O2. The van der Waals surface area contributed by atoms with Gasteiger partial charge in [-0.05, 0) is 54.6 Å². The average molecular weight is 499 g/mol. The van der Waals surface area contributed by atoms with E-state index in [9.17, 15) is 18.0 Å². The molecule has 11 heteroatoms. The SMILES string of the molecule is CC(=O)Nc1cccc(Oc2ccc(N=C(N)Nc3ccc(Cl)c(C(F)(F)F)c3)cc2)c1.Cl. The Morgan fingerprint density at radius 3 is 2.27 bits per heavy atom. The van der Waals surface area contributed by atoms with E-state index in [1.165, 1.54) is 13.0 Å². The summed E-state index contributed by atoms with van der Waals surface area (Å²) in [6.07, 6.45) is -4.59. The maximum Gasteiger partial charge on any atom is 0.417 e. The molecule has 0 radical (unpaired) electrons. The van der Waals surface area contributed by atoms with Crippen LogP contribution in [0.25, 0.3) is 0 Å². The Balaban J connectivity index is 0.00000385. The summed E-state index contributed by atoms with van der Waals surface area (Å²) < 4.78 is 44.7. The molecule has 0 aromatic heterocycles. The summed E-state index contributed by atoms with van der Waals surface area (Å²) in [4.78, 5) is 15.3. The molecule has 0 heterocycles.